The number of likely N-dealkylation sites (tertiary alicyclic amines) is 1. The van der Waals surface area contributed by atoms with Crippen LogP contribution in [0.25, 0.3) is 0 Å². The van der Waals surface area contributed by atoms with Crippen molar-refractivity contribution in [3.63, 3.8) is 0 Å². The normalized spacial score (nSPS) is 19.8. The number of hydrogen-bond donors (Lipinski definition) is 1. The minimum atomic E-state index is -1.19. The van der Waals surface area contributed by atoms with Crippen LogP contribution in [0.1, 0.15) is 57.3 Å². The maximum Gasteiger partial charge on any atom is 0.246 e. The Morgan fingerprint density at radius 2 is 1.94 bits per heavy atom. The number of methoxy groups -OCH3 is 1. The standard InChI is InChI=1S/C27H34FN3O3.C2H6/c1-21-18-31(20-29-21)22(2)6-7-23(14-17-34-3)8-13-26(32)30-16-5-4-15-27(33,19-30)24-9-11-25(28)12-10-24;1-2/h6-14,18,20,22,33H,4-5,15-17,19H2,1-3H3;1-2H3/b7-6-,13-8+,23-14+;. The number of halogens is 1. The van der Waals surface area contributed by atoms with Gasteiger partial charge in [-0.1, -0.05) is 44.2 Å². The van der Waals surface area contributed by atoms with Crippen molar-refractivity contribution in [3.8, 4) is 0 Å². The summed E-state index contributed by atoms with van der Waals surface area (Å²) in [6.45, 7) is 9.17. The minimum Gasteiger partial charge on any atom is -0.383 e. The zero-order valence-electron chi connectivity index (χ0n) is 22.2. The van der Waals surface area contributed by atoms with Gasteiger partial charge in [-0.2, -0.15) is 0 Å². The van der Waals surface area contributed by atoms with Crippen molar-refractivity contribution in [2.45, 2.75) is 58.6 Å². The Morgan fingerprint density at radius 1 is 1.22 bits per heavy atom. The molecule has 36 heavy (non-hydrogen) atoms. The number of aromatic nitrogens is 2. The Hall–Kier alpha value is -3.03. The zero-order valence-corrected chi connectivity index (χ0v) is 22.2. The molecule has 1 N–H and O–H groups in total. The Bertz CT molecular complexity index is 1040. The molecular formula is C29H40FN3O3. The van der Waals surface area contributed by atoms with Gasteiger partial charge in [-0.25, -0.2) is 9.37 Å². The third kappa shape index (κ3) is 8.57. The van der Waals surface area contributed by atoms with E-state index in [1.165, 1.54) is 18.2 Å². The van der Waals surface area contributed by atoms with E-state index in [9.17, 15) is 14.3 Å². The number of benzene rings is 1. The highest BCUT2D eigenvalue weighted by Gasteiger charge is 2.34. The van der Waals surface area contributed by atoms with Crippen LogP contribution in [0, 0.1) is 12.7 Å². The highest BCUT2D eigenvalue weighted by molar-refractivity contribution is 5.88. The molecule has 2 aromatic rings. The number of β-amino-alcohol motifs (C(OH)–C–C–N with tert-alkyl or cyclic N) is 1. The molecule has 0 saturated carbocycles. The zero-order chi connectivity index (χ0) is 26.6. The van der Waals surface area contributed by atoms with Crippen molar-refractivity contribution in [2.75, 3.05) is 26.8 Å². The van der Waals surface area contributed by atoms with E-state index in [0.717, 1.165) is 24.1 Å². The maximum absolute atomic E-state index is 13.4. The topological polar surface area (TPSA) is 67.6 Å². The van der Waals surface area contributed by atoms with Gasteiger partial charge in [-0.3, -0.25) is 4.79 Å². The Labute approximate surface area is 214 Å². The second-order valence-corrected chi connectivity index (χ2v) is 8.81. The van der Waals surface area contributed by atoms with E-state index in [2.05, 4.69) is 11.9 Å². The molecule has 196 valence electrons. The molecule has 1 saturated heterocycles. The van der Waals surface area contributed by atoms with Crippen LogP contribution in [-0.4, -0.2) is 52.3 Å². The average Bonchev–Trinajstić information content (AvgIpc) is 3.22. The van der Waals surface area contributed by atoms with E-state index in [-0.39, 0.29) is 24.3 Å². The Balaban J connectivity index is 0.00000222. The number of allylic oxidation sites excluding steroid dienone is 4. The molecule has 1 amide bonds. The van der Waals surface area contributed by atoms with Crippen LogP contribution < -0.4 is 0 Å². The third-order valence-corrected chi connectivity index (χ3v) is 6.09. The summed E-state index contributed by atoms with van der Waals surface area (Å²) in [5.41, 5.74) is 1.24. The van der Waals surface area contributed by atoms with Gasteiger partial charge in [0.15, 0.2) is 0 Å². The Kier molecular flexibility index (Phi) is 11.8. The van der Waals surface area contributed by atoms with Crippen LogP contribution in [0.3, 0.4) is 0 Å². The number of rotatable bonds is 8. The molecule has 0 spiro atoms. The Morgan fingerprint density at radius 3 is 2.58 bits per heavy atom. The van der Waals surface area contributed by atoms with Gasteiger partial charge >= 0.3 is 0 Å². The molecule has 1 fully saturated rings. The fraction of sp³-hybridized carbons (Fsp3) is 0.448. The number of carbonyl (C=O) groups excluding carboxylic acids is 1. The lowest BCUT2D eigenvalue weighted by Gasteiger charge is -2.31. The first-order valence-corrected chi connectivity index (χ1v) is 12.6. The molecule has 1 aliphatic rings. The van der Waals surface area contributed by atoms with Gasteiger partial charge in [0.25, 0.3) is 0 Å². The first kappa shape index (κ1) is 29.2. The molecule has 2 unspecified atom stereocenters. The first-order chi connectivity index (χ1) is 17.3. The summed E-state index contributed by atoms with van der Waals surface area (Å²) in [5.74, 6) is -0.518. The molecule has 1 aromatic heterocycles. The minimum absolute atomic E-state index is 0.104. The maximum atomic E-state index is 13.4. The summed E-state index contributed by atoms with van der Waals surface area (Å²) in [6, 6.07) is 5.98. The predicted octanol–water partition coefficient (Wildman–Crippen LogP) is 5.50. The number of amides is 1. The van der Waals surface area contributed by atoms with Crippen LogP contribution in [0.4, 0.5) is 4.39 Å². The fourth-order valence-corrected chi connectivity index (χ4v) is 4.03. The van der Waals surface area contributed by atoms with Crippen molar-refractivity contribution >= 4 is 5.91 Å². The molecule has 7 heteroatoms. The summed E-state index contributed by atoms with van der Waals surface area (Å²) >= 11 is 0. The van der Waals surface area contributed by atoms with E-state index in [0.29, 0.717) is 25.1 Å². The average molecular weight is 498 g/mol. The lowest BCUT2D eigenvalue weighted by Crippen LogP contribution is -2.42. The lowest BCUT2D eigenvalue weighted by molar-refractivity contribution is -0.129. The summed E-state index contributed by atoms with van der Waals surface area (Å²) in [4.78, 5) is 19.0. The van der Waals surface area contributed by atoms with Crippen LogP contribution in [-0.2, 0) is 15.1 Å². The van der Waals surface area contributed by atoms with Gasteiger partial charge in [0.1, 0.15) is 11.4 Å². The summed E-state index contributed by atoms with van der Waals surface area (Å²) in [5, 5.41) is 11.3. The first-order valence-electron chi connectivity index (χ1n) is 12.6. The number of aliphatic hydroxyl groups is 1. The van der Waals surface area contributed by atoms with Gasteiger partial charge in [0.2, 0.25) is 5.91 Å². The van der Waals surface area contributed by atoms with Crippen LogP contribution in [0.5, 0.6) is 0 Å². The van der Waals surface area contributed by atoms with Crippen molar-refractivity contribution in [1.29, 1.82) is 0 Å². The highest BCUT2D eigenvalue weighted by atomic mass is 19.1. The van der Waals surface area contributed by atoms with Crippen molar-refractivity contribution in [2.24, 2.45) is 0 Å². The smallest absolute Gasteiger partial charge is 0.246 e. The van der Waals surface area contributed by atoms with Crippen molar-refractivity contribution in [3.05, 3.63) is 89.8 Å². The van der Waals surface area contributed by atoms with E-state index in [1.807, 2.05) is 49.8 Å². The largest absolute Gasteiger partial charge is 0.383 e. The molecule has 0 bridgehead atoms. The summed E-state index contributed by atoms with van der Waals surface area (Å²) in [6.07, 6.45) is 15.1. The van der Waals surface area contributed by atoms with Gasteiger partial charge in [-0.15, -0.1) is 0 Å². The summed E-state index contributed by atoms with van der Waals surface area (Å²) in [7, 11) is 1.62. The lowest BCUT2D eigenvalue weighted by atomic mass is 9.89. The number of carbonyl (C=O) groups is 1. The van der Waals surface area contributed by atoms with Gasteiger partial charge in [-0.05, 0) is 62.5 Å². The molecule has 3 rings (SSSR count). The van der Waals surface area contributed by atoms with E-state index < -0.39 is 5.60 Å². The van der Waals surface area contributed by atoms with Gasteiger partial charge in [0.05, 0.1) is 31.2 Å². The number of nitrogens with zero attached hydrogens (tertiary/aromatic N) is 3. The molecule has 0 aliphatic carbocycles. The molecule has 2 heterocycles. The molecular weight excluding hydrogens is 457 g/mol. The van der Waals surface area contributed by atoms with Gasteiger partial charge < -0.3 is 19.3 Å². The molecule has 1 aromatic carbocycles. The fourth-order valence-electron chi connectivity index (χ4n) is 4.03. The second kappa shape index (κ2) is 14.5. The number of ether oxygens (including phenoxy) is 1. The molecule has 2 atom stereocenters. The number of hydrogen-bond acceptors (Lipinski definition) is 4. The number of aryl methyl sites for hydroxylation is 1. The van der Waals surface area contributed by atoms with E-state index in [1.54, 1.807) is 36.5 Å². The summed E-state index contributed by atoms with van der Waals surface area (Å²) < 4.78 is 20.6. The molecule has 0 radical (unpaired) electrons. The van der Waals surface area contributed by atoms with Crippen molar-refractivity contribution in [1.82, 2.24) is 14.5 Å². The van der Waals surface area contributed by atoms with Crippen LogP contribution >= 0.6 is 0 Å². The molecule has 6 nitrogen and oxygen atoms in total. The van der Waals surface area contributed by atoms with Crippen LogP contribution in [0.2, 0.25) is 0 Å². The highest BCUT2D eigenvalue weighted by Crippen LogP contribution is 2.31. The van der Waals surface area contributed by atoms with Crippen LogP contribution in [0.15, 0.2) is 72.7 Å². The van der Waals surface area contributed by atoms with Crippen molar-refractivity contribution < 1.29 is 19.0 Å². The van der Waals surface area contributed by atoms with Gasteiger partial charge in [0, 0.05) is 25.9 Å². The number of imidazole rings is 1. The third-order valence-electron chi connectivity index (χ3n) is 6.09. The SMILES string of the molecule is CC.COC/C=C(\C=C/C(C)n1cnc(C)c1)/C=C/C(=O)N1CCCCC(O)(c2ccc(F)cc2)C1. The quantitative estimate of drug-likeness (QED) is 0.386. The second-order valence-electron chi connectivity index (χ2n) is 8.81. The monoisotopic (exact) mass is 497 g/mol. The predicted molar refractivity (Wildman–Crippen MR) is 142 cm³/mol. The van der Waals surface area contributed by atoms with E-state index in [4.69, 9.17) is 4.74 Å². The molecule has 1 aliphatic heterocycles. The van der Waals surface area contributed by atoms with E-state index >= 15 is 0 Å².